The van der Waals surface area contributed by atoms with Crippen LogP contribution in [0.2, 0.25) is 0 Å². The number of hydrogen-bond donors (Lipinski definition) is 1. The van der Waals surface area contributed by atoms with Crippen LogP contribution in [0.15, 0.2) is 0 Å². The Morgan fingerprint density at radius 1 is 1.23 bits per heavy atom. The van der Waals surface area contributed by atoms with Crippen molar-refractivity contribution in [3.8, 4) is 0 Å². The molecule has 0 spiro atoms. The molecular formula is C12H24O. The summed E-state index contributed by atoms with van der Waals surface area (Å²) in [7, 11) is 0. The molecule has 0 heterocycles. The maximum Gasteiger partial charge on any atom is 0.0594 e. The largest absolute Gasteiger partial charge is 0.390 e. The first-order chi connectivity index (χ1) is 5.99. The molecule has 0 saturated heterocycles. The van der Waals surface area contributed by atoms with E-state index in [4.69, 9.17) is 0 Å². The topological polar surface area (TPSA) is 20.2 Å². The van der Waals surface area contributed by atoms with Crippen LogP contribution < -0.4 is 0 Å². The summed E-state index contributed by atoms with van der Waals surface area (Å²) in [6, 6.07) is 0. The summed E-state index contributed by atoms with van der Waals surface area (Å²) in [5.41, 5.74) is -0.475. The Morgan fingerprint density at radius 2 is 1.77 bits per heavy atom. The van der Waals surface area contributed by atoms with Gasteiger partial charge < -0.3 is 5.11 Å². The van der Waals surface area contributed by atoms with Gasteiger partial charge in [0, 0.05) is 0 Å². The van der Waals surface area contributed by atoms with Crippen LogP contribution in [0.3, 0.4) is 0 Å². The second kappa shape index (κ2) is 4.45. The van der Waals surface area contributed by atoms with Crippen molar-refractivity contribution in [2.75, 3.05) is 0 Å². The maximum absolute atomic E-state index is 9.72. The number of hydrogen-bond acceptors (Lipinski definition) is 1. The van der Waals surface area contributed by atoms with Gasteiger partial charge in [-0.25, -0.2) is 0 Å². The van der Waals surface area contributed by atoms with E-state index in [2.05, 4.69) is 6.92 Å². The van der Waals surface area contributed by atoms with Crippen LogP contribution in [0.4, 0.5) is 0 Å². The van der Waals surface area contributed by atoms with Crippen molar-refractivity contribution in [1.82, 2.24) is 0 Å². The van der Waals surface area contributed by atoms with Crippen molar-refractivity contribution in [1.29, 1.82) is 0 Å². The number of aliphatic hydroxyl groups is 1. The van der Waals surface area contributed by atoms with E-state index in [0.717, 1.165) is 12.3 Å². The SMILES string of the molecule is CC(CC(C)(C)O)C1CCCCC1. The molecule has 0 bridgehead atoms. The van der Waals surface area contributed by atoms with E-state index in [-0.39, 0.29) is 0 Å². The third-order valence-corrected chi connectivity index (χ3v) is 3.28. The first-order valence-corrected chi connectivity index (χ1v) is 5.71. The van der Waals surface area contributed by atoms with E-state index < -0.39 is 5.60 Å². The van der Waals surface area contributed by atoms with Crippen molar-refractivity contribution in [3.63, 3.8) is 0 Å². The van der Waals surface area contributed by atoms with Gasteiger partial charge in [0.05, 0.1) is 5.60 Å². The Morgan fingerprint density at radius 3 is 2.23 bits per heavy atom. The molecule has 1 aliphatic carbocycles. The summed E-state index contributed by atoms with van der Waals surface area (Å²) in [6.45, 7) is 6.15. The summed E-state index contributed by atoms with van der Waals surface area (Å²) >= 11 is 0. The van der Waals surface area contributed by atoms with Crippen molar-refractivity contribution in [3.05, 3.63) is 0 Å². The summed E-state index contributed by atoms with van der Waals surface area (Å²) < 4.78 is 0. The van der Waals surface area contributed by atoms with Gasteiger partial charge in [0.25, 0.3) is 0 Å². The molecule has 1 nitrogen and oxygen atoms in total. The quantitative estimate of drug-likeness (QED) is 0.713. The molecule has 1 aliphatic rings. The highest BCUT2D eigenvalue weighted by Gasteiger charge is 2.25. The molecule has 1 atom stereocenters. The normalized spacial score (nSPS) is 23.1. The summed E-state index contributed by atoms with van der Waals surface area (Å²) in [5, 5.41) is 9.72. The van der Waals surface area contributed by atoms with Crippen molar-refractivity contribution < 1.29 is 5.11 Å². The maximum atomic E-state index is 9.72. The standard InChI is InChI=1S/C12H24O/c1-10(9-12(2,3)13)11-7-5-4-6-8-11/h10-11,13H,4-9H2,1-3H3. The van der Waals surface area contributed by atoms with Crippen LogP contribution in [-0.2, 0) is 0 Å². The first kappa shape index (κ1) is 11.0. The zero-order chi connectivity index (χ0) is 9.90. The fourth-order valence-corrected chi connectivity index (χ4v) is 2.66. The molecule has 0 aromatic carbocycles. The Labute approximate surface area is 82.5 Å². The van der Waals surface area contributed by atoms with E-state index >= 15 is 0 Å². The van der Waals surface area contributed by atoms with Crippen LogP contribution in [0.5, 0.6) is 0 Å². The fraction of sp³-hybridized carbons (Fsp3) is 1.00. The van der Waals surface area contributed by atoms with E-state index in [0.29, 0.717) is 5.92 Å². The van der Waals surface area contributed by atoms with Gasteiger partial charge in [-0.15, -0.1) is 0 Å². The Bertz CT molecular complexity index is 140. The zero-order valence-corrected chi connectivity index (χ0v) is 9.34. The lowest BCUT2D eigenvalue weighted by Crippen LogP contribution is -2.26. The minimum Gasteiger partial charge on any atom is -0.390 e. The molecule has 1 saturated carbocycles. The minimum absolute atomic E-state index is 0.475. The molecular weight excluding hydrogens is 160 g/mol. The zero-order valence-electron chi connectivity index (χ0n) is 9.34. The predicted octanol–water partition coefficient (Wildman–Crippen LogP) is 3.36. The highest BCUT2D eigenvalue weighted by molar-refractivity contribution is 4.76. The van der Waals surface area contributed by atoms with Gasteiger partial charge in [-0.05, 0) is 32.1 Å². The molecule has 1 N–H and O–H groups in total. The lowest BCUT2D eigenvalue weighted by molar-refractivity contribution is 0.0405. The molecule has 1 rings (SSSR count). The summed E-state index contributed by atoms with van der Waals surface area (Å²) in [4.78, 5) is 0. The van der Waals surface area contributed by atoms with Gasteiger partial charge in [-0.2, -0.15) is 0 Å². The lowest BCUT2D eigenvalue weighted by Gasteiger charge is -2.31. The van der Waals surface area contributed by atoms with Crippen molar-refractivity contribution in [2.24, 2.45) is 11.8 Å². The molecule has 1 unspecified atom stereocenters. The summed E-state index contributed by atoms with van der Waals surface area (Å²) in [5.74, 6) is 1.57. The predicted molar refractivity (Wildman–Crippen MR) is 56.7 cm³/mol. The first-order valence-electron chi connectivity index (χ1n) is 5.71. The molecule has 0 amide bonds. The molecule has 13 heavy (non-hydrogen) atoms. The Kier molecular flexibility index (Phi) is 3.78. The molecule has 0 aliphatic heterocycles. The summed E-state index contributed by atoms with van der Waals surface area (Å²) in [6.07, 6.45) is 7.96. The highest BCUT2D eigenvalue weighted by atomic mass is 16.3. The third kappa shape index (κ3) is 4.12. The van der Waals surface area contributed by atoms with Gasteiger partial charge in [-0.1, -0.05) is 39.0 Å². The smallest absolute Gasteiger partial charge is 0.0594 e. The van der Waals surface area contributed by atoms with Crippen LogP contribution in [-0.4, -0.2) is 10.7 Å². The van der Waals surface area contributed by atoms with E-state index in [9.17, 15) is 5.11 Å². The molecule has 78 valence electrons. The van der Waals surface area contributed by atoms with E-state index in [1.165, 1.54) is 32.1 Å². The van der Waals surface area contributed by atoms with Crippen molar-refractivity contribution in [2.45, 2.75) is 64.9 Å². The van der Waals surface area contributed by atoms with Crippen LogP contribution >= 0.6 is 0 Å². The second-order valence-electron chi connectivity index (χ2n) is 5.39. The van der Waals surface area contributed by atoms with Gasteiger partial charge in [0.1, 0.15) is 0 Å². The van der Waals surface area contributed by atoms with Gasteiger partial charge in [0.15, 0.2) is 0 Å². The molecule has 1 heteroatoms. The molecule has 0 radical (unpaired) electrons. The van der Waals surface area contributed by atoms with Crippen LogP contribution in [0.1, 0.15) is 59.3 Å². The van der Waals surface area contributed by atoms with Gasteiger partial charge in [0.2, 0.25) is 0 Å². The van der Waals surface area contributed by atoms with E-state index in [1.54, 1.807) is 0 Å². The van der Waals surface area contributed by atoms with Gasteiger partial charge in [-0.3, -0.25) is 0 Å². The van der Waals surface area contributed by atoms with Gasteiger partial charge >= 0.3 is 0 Å². The Hall–Kier alpha value is -0.0400. The molecule has 0 aromatic rings. The van der Waals surface area contributed by atoms with E-state index in [1.807, 2.05) is 13.8 Å². The Balaban J connectivity index is 2.33. The third-order valence-electron chi connectivity index (χ3n) is 3.28. The highest BCUT2D eigenvalue weighted by Crippen LogP contribution is 2.33. The van der Waals surface area contributed by atoms with Crippen LogP contribution in [0.25, 0.3) is 0 Å². The fourth-order valence-electron chi connectivity index (χ4n) is 2.66. The molecule has 0 aromatic heterocycles. The average Bonchev–Trinajstić information content (AvgIpc) is 2.03. The lowest BCUT2D eigenvalue weighted by atomic mass is 9.77. The van der Waals surface area contributed by atoms with Crippen molar-refractivity contribution >= 4 is 0 Å². The average molecular weight is 184 g/mol. The second-order valence-corrected chi connectivity index (χ2v) is 5.39. The monoisotopic (exact) mass is 184 g/mol. The van der Waals surface area contributed by atoms with Crippen LogP contribution in [0, 0.1) is 11.8 Å². The molecule has 1 fully saturated rings. The minimum atomic E-state index is -0.475. The number of rotatable bonds is 3.